The van der Waals surface area contributed by atoms with Crippen LogP contribution in [0.1, 0.15) is 44.5 Å². The van der Waals surface area contributed by atoms with E-state index in [0.29, 0.717) is 0 Å². The third-order valence-electron chi connectivity index (χ3n) is 6.81. The van der Waals surface area contributed by atoms with Gasteiger partial charge in [0.1, 0.15) is 12.3 Å². The largest absolute Gasteiger partial charge is 0.414 e. The number of hydrogen-bond donors (Lipinski definition) is 1. The van der Waals surface area contributed by atoms with Crippen LogP contribution in [0.2, 0.25) is 18.1 Å². The molecule has 0 spiro atoms. The number of nitrogens with zero attached hydrogens (tertiary/aromatic N) is 3. The molecule has 3 atom stereocenters. The fourth-order valence-electron chi connectivity index (χ4n) is 3.64. The van der Waals surface area contributed by atoms with Crippen molar-refractivity contribution in [2.24, 2.45) is 0 Å². The molecule has 1 aromatic carbocycles. The van der Waals surface area contributed by atoms with E-state index in [9.17, 15) is 24.8 Å². The average Bonchev–Trinajstić information content (AvgIpc) is 3.12. The summed E-state index contributed by atoms with van der Waals surface area (Å²) in [5.41, 5.74) is -0.820. The highest BCUT2D eigenvalue weighted by atomic mass is 28.4. The minimum absolute atomic E-state index is 0.000441. The maximum atomic E-state index is 13.2. The molecule has 1 aromatic heterocycles. The number of hydrogen-bond acceptors (Lipinski definition) is 7. The van der Waals surface area contributed by atoms with Crippen LogP contribution >= 0.6 is 0 Å². The second kappa shape index (κ2) is 9.57. The van der Waals surface area contributed by atoms with Crippen LogP contribution < -0.4 is 11.2 Å². The number of nitro benzene ring substituents is 1. The van der Waals surface area contributed by atoms with Crippen LogP contribution in [0.5, 0.6) is 0 Å². The van der Waals surface area contributed by atoms with Crippen LogP contribution in [0.25, 0.3) is 0 Å². The predicted molar refractivity (Wildman–Crippen MR) is 130 cm³/mol. The zero-order valence-corrected chi connectivity index (χ0v) is 21.5. The molecule has 0 bridgehead atoms. The summed E-state index contributed by atoms with van der Waals surface area (Å²) in [7, 11) is -2.06. The van der Waals surface area contributed by atoms with Crippen LogP contribution in [-0.4, -0.2) is 46.3 Å². The maximum absolute atomic E-state index is 13.2. The van der Waals surface area contributed by atoms with Gasteiger partial charge in [-0.15, -0.1) is 0 Å². The van der Waals surface area contributed by atoms with Gasteiger partial charge in [-0.25, -0.2) is 4.79 Å². The Kier molecular flexibility index (Phi) is 7.32. The number of benzene rings is 1. The average molecular weight is 492 g/mol. The van der Waals surface area contributed by atoms with Gasteiger partial charge >= 0.3 is 5.69 Å². The van der Waals surface area contributed by atoms with Crippen LogP contribution in [0.4, 0.5) is 5.69 Å². The first-order valence-electron chi connectivity index (χ1n) is 11.3. The summed E-state index contributed by atoms with van der Waals surface area (Å²) in [6.07, 6.45) is -0.657. The molecule has 1 aliphatic heterocycles. The fraction of sp³-hybridized carbons (Fsp3) is 0.565. The van der Waals surface area contributed by atoms with Gasteiger partial charge in [0.05, 0.1) is 24.2 Å². The number of aromatic nitrogens is 2. The third kappa shape index (κ3) is 5.22. The molecule has 0 amide bonds. The molecule has 11 heteroatoms. The van der Waals surface area contributed by atoms with E-state index < -0.39 is 42.9 Å². The van der Waals surface area contributed by atoms with Crippen LogP contribution in [0.3, 0.4) is 0 Å². The van der Waals surface area contributed by atoms with Crippen molar-refractivity contribution in [3.63, 3.8) is 0 Å². The first kappa shape index (κ1) is 26.0. The first-order chi connectivity index (χ1) is 15.7. The van der Waals surface area contributed by atoms with Gasteiger partial charge in [0.2, 0.25) is 0 Å². The van der Waals surface area contributed by atoms with Gasteiger partial charge in [-0.2, -0.15) is 0 Å². The van der Waals surface area contributed by atoms with Gasteiger partial charge in [-0.3, -0.25) is 24.0 Å². The maximum Gasteiger partial charge on any atom is 0.333 e. The lowest BCUT2D eigenvalue weighted by Crippen LogP contribution is -2.44. The minimum Gasteiger partial charge on any atom is -0.414 e. The Labute approximate surface area is 199 Å². The SMILES string of the molecule is Cc1cn([C@H]2C[C@H](O)[C@@H](CO[Si](C)(C)C(C)(C)C)O2)c(=O)n(Cc2ccccc2[N+](=O)[O-])c1=O. The second-order valence-electron chi connectivity index (χ2n) is 10.3. The lowest BCUT2D eigenvalue weighted by Gasteiger charge is -2.37. The first-order valence-corrected chi connectivity index (χ1v) is 14.2. The van der Waals surface area contributed by atoms with Crippen molar-refractivity contribution in [3.05, 3.63) is 72.5 Å². The van der Waals surface area contributed by atoms with E-state index in [2.05, 4.69) is 33.9 Å². The van der Waals surface area contributed by atoms with Crippen molar-refractivity contribution in [2.45, 2.75) is 77.2 Å². The Balaban J connectivity index is 1.88. The minimum atomic E-state index is -2.06. The molecule has 186 valence electrons. The number of para-hydroxylation sites is 1. The summed E-state index contributed by atoms with van der Waals surface area (Å²) < 4.78 is 14.4. The highest BCUT2D eigenvalue weighted by molar-refractivity contribution is 6.74. The van der Waals surface area contributed by atoms with Crippen molar-refractivity contribution in [3.8, 4) is 0 Å². The van der Waals surface area contributed by atoms with E-state index in [1.54, 1.807) is 13.0 Å². The molecule has 3 rings (SSSR count). The number of rotatable bonds is 7. The van der Waals surface area contributed by atoms with E-state index in [1.165, 1.54) is 29.0 Å². The molecule has 0 radical (unpaired) electrons. The highest BCUT2D eigenvalue weighted by Crippen LogP contribution is 2.37. The van der Waals surface area contributed by atoms with Crippen molar-refractivity contribution in [1.29, 1.82) is 0 Å². The Morgan fingerprint density at radius 1 is 1.26 bits per heavy atom. The van der Waals surface area contributed by atoms with Crippen LogP contribution in [0, 0.1) is 17.0 Å². The summed E-state index contributed by atoms with van der Waals surface area (Å²) in [4.78, 5) is 36.8. The van der Waals surface area contributed by atoms with E-state index in [0.717, 1.165) is 4.57 Å². The number of ether oxygens (including phenoxy) is 1. The zero-order chi connectivity index (χ0) is 25.4. The predicted octanol–water partition coefficient (Wildman–Crippen LogP) is 2.95. The molecule has 0 aliphatic carbocycles. The van der Waals surface area contributed by atoms with Gasteiger partial charge in [-0.05, 0) is 25.1 Å². The standard InChI is InChI=1S/C23H33N3O7Si/c1-15-12-24(20-11-18(27)19(33-20)14-32-34(5,6)23(2,3)4)22(29)25(21(15)28)13-16-9-7-8-10-17(16)26(30)31/h7-10,12,18-20,27H,11,13-14H2,1-6H3/t18-,19+,20+/m0/s1. The summed E-state index contributed by atoms with van der Waals surface area (Å²) in [6, 6.07) is 5.99. The highest BCUT2D eigenvalue weighted by Gasteiger charge is 2.41. The number of aryl methyl sites for hydroxylation is 1. The Morgan fingerprint density at radius 3 is 2.53 bits per heavy atom. The van der Waals surface area contributed by atoms with Crippen molar-refractivity contribution < 1.29 is 19.2 Å². The molecular formula is C23H33N3O7Si. The van der Waals surface area contributed by atoms with Gasteiger partial charge in [0.25, 0.3) is 11.2 Å². The molecule has 2 aromatic rings. The third-order valence-corrected chi connectivity index (χ3v) is 11.3. The molecule has 1 fully saturated rings. The van der Waals surface area contributed by atoms with E-state index >= 15 is 0 Å². The Bertz CT molecular complexity index is 1180. The molecule has 10 nitrogen and oxygen atoms in total. The normalized spacial score (nSPS) is 21.1. The van der Waals surface area contributed by atoms with E-state index in [4.69, 9.17) is 9.16 Å². The summed E-state index contributed by atoms with van der Waals surface area (Å²) in [5.74, 6) is 0. The number of aliphatic hydroxyl groups is 1. The smallest absolute Gasteiger partial charge is 0.333 e. The quantitative estimate of drug-likeness (QED) is 0.358. The molecule has 1 N–H and O–H groups in total. The molecule has 0 saturated carbocycles. The number of aliphatic hydroxyl groups excluding tert-OH is 1. The zero-order valence-electron chi connectivity index (χ0n) is 20.5. The number of nitro groups is 1. The molecular weight excluding hydrogens is 458 g/mol. The lowest BCUT2D eigenvalue weighted by atomic mass is 10.1. The molecule has 1 aliphatic rings. The summed E-state index contributed by atoms with van der Waals surface area (Å²) in [6.45, 7) is 12.1. The van der Waals surface area contributed by atoms with E-state index in [-0.39, 0.29) is 41.4 Å². The van der Waals surface area contributed by atoms with Gasteiger partial charge in [0.15, 0.2) is 8.32 Å². The fourth-order valence-corrected chi connectivity index (χ4v) is 4.65. The second-order valence-corrected chi connectivity index (χ2v) is 15.1. The van der Waals surface area contributed by atoms with Crippen molar-refractivity contribution >= 4 is 14.0 Å². The van der Waals surface area contributed by atoms with Crippen molar-refractivity contribution in [2.75, 3.05) is 6.61 Å². The van der Waals surface area contributed by atoms with Crippen molar-refractivity contribution in [1.82, 2.24) is 9.13 Å². The summed E-state index contributed by atoms with van der Waals surface area (Å²) in [5, 5.41) is 22.0. The molecule has 0 unspecified atom stereocenters. The summed E-state index contributed by atoms with van der Waals surface area (Å²) >= 11 is 0. The topological polar surface area (TPSA) is 126 Å². The molecule has 34 heavy (non-hydrogen) atoms. The van der Waals surface area contributed by atoms with Gasteiger partial charge in [-0.1, -0.05) is 39.0 Å². The molecule has 1 saturated heterocycles. The molecule has 2 heterocycles. The Morgan fingerprint density at radius 2 is 1.91 bits per heavy atom. The van der Waals surface area contributed by atoms with Crippen LogP contribution in [0.15, 0.2) is 40.1 Å². The van der Waals surface area contributed by atoms with Gasteiger partial charge < -0.3 is 14.3 Å². The van der Waals surface area contributed by atoms with Gasteiger partial charge in [0, 0.05) is 29.8 Å². The Hall–Kier alpha value is -2.60. The lowest BCUT2D eigenvalue weighted by molar-refractivity contribution is -0.385. The van der Waals surface area contributed by atoms with E-state index in [1.807, 2.05) is 0 Å². The van der Waals surface area contributed by atoms with Crippen LogP contribution in [-0.2, 0) is 15.7 Å². The monoisotopic (exact) mass is 491 g/mol.